The SMILES string of the molecule is COc1c(CO)cc(Cl)cc(CO)c1=O. The van der Waals surface area contributed by atoms with Crippen molar-refractivity contribution in [3.05, 3.63) is 38.5 Å². The second kappa shape index (κ2) is 5.11. The van der Waals surface area contributed by atoms with Crippen molar-refractivity contribution in [3.63, 3.8) is 0 Å². The van der Waals surface area contributed by atoms with Gasteiger partial charge in [0.05, 0.1) is 20.3 Å². The fourth-order valence-corrected chi connectivity index (χ4v) is 1.52. The molecule has 0 bridgehead atoms. The van der Waals surface area contributed by atoms with E-state index in [1.807, 2.05) is 0 Å². The Labute approximate surface area is 91.7 Å². The molecule has 0 spiro atoms. The normalized spacial score (nSPS) is 10.1. The number of aliphatic hydroxyl groups excluding tert-OH is 2. The van der Waals surface area contributed by atoms with Gasteiger partial charge in [0, 0.05) is 16.1 Å². The lowest BCUT2D eigenvalue weighted by atomic mass is 10.2. The number of aliphatic hydroxyl groups is 2. The van der Waals surface area contributed by atoms with E-state index in [1.54, 1.807) is 0 Å². The minimum Gasteiger partial charge on any atom is -0.492 e. The van der Waals surface area contributed by atoms with Gasteiger partial charge < -0.3 is 14.9 Å². The van der Waals surface area contributed by atoms with E-state index in [1.165, 1.54) is 19.2 Å². The van der Waals surface area contributed by atoms with Crippen molar-refractivity contribution in [3.8, 4) is 5.75 Å². The average Bonchev–Trinajstić information content (AvgIpc) is 2.35. The Morgan fingerprint density at radius 1 is 1.27 bits per heavy atom. The molecular weight excluding hydrogens is 220 g/mol. The number of hydrogen-bond acceptors (Lipinski definition) is 4. The molecule has 0 aromatic heterocycles. The molecule has 15 heavy (non-hydrogen) atoms. The van der Waals surface area contributed by atoms with Gasteiger partial charge in [-0.3, -0.25) is 4.79 Å². The molecule has 1 rings (SSSR count). The Hall–Kier alpha value is -1.10. The average molecular weight is 231 g/mol. The first-order chi connectivity index (χ1) is 7.13. The van der Waals surface area contributed by atoms with Gasteiger partial charge in [0.25, 0.3) is 0 Å². The number of halogens is 1. The molecule has 0 saturated carbocycles. The summed E-state index contributed by atoms with van der Waals surface area (Å²) in [5.74, 6) is 0.00782. The van der Waals surface area contributed by atoms with E-state index in [9.17, 15) is 4.79 Å². The van der Waals surface area contributed by atoms with Crippen LogP contribution >= 0.6 is 11.6 Å². The van der Waals surface area contributed by atoms with Crippen molar-refractivity contribution >= 4 is 11.6 Å². The minimum atomic E-state index is -0.462. The van der Waals surface area contributed by atoms with E-state index in [0.717, 1.165) is 0 Å². The van der Waals surface area contributed by atoms with Crippen LogP contribution in [0, 0.1) is 0 Å². The van der Waals surface area contributed by atoms with Gasteiger partial charge in [0.2, 0.25) is 5.43 Å². The molecule has 1 aromatic rings. The van der Waals surface area contributed by atoms with Gasteiger partial charge in [-0.25, -0.2) is 0 Å². The van der Waals surface area contributed by atoms with E-state index in [-0.39, 0.29) is 22.9 Å². The lowest BCUT2D eigenvalue weighted by Gasteiger charge is -2.00. The van der Waals surface area contributed by atoms with E-state index in [4.69, 9.17) is 26.6 Å². The summed E-state index contributed by atoms with van der Waals surface area (Å²) in [5, 5.41) is 18.3. The van der Waals surface area contributed by atoms with Gasteiger partial charge >= 0.3 is 0 Å². The zero-order valence-corrected chi connectivity index (χ0v) is 8.91. The van der Waals surface area contributed by atoms with E-state index >= 15 is 0 Å². The molecule has 82 valence electrons. The summed E-state index contributed by atoms with van der Waals surface area (Å²) < 4.78 is 4.88. The highest BCUT2D eigenvalue weighted by Crippen LogP contribution is 2.18. The third kappa shape index (κ3) is 2.47. The summed E-state index contributed by atoms with van der Waals surface area (Å²) in [5.41, 5.74) is -0.0281. The van der Waals surface area contributed by atoms with Crippen LogP contribution in [0.3, 0.4) is 0 Å². The van der Waals surface area contributed by atoms with Crippen molar-refractivity contribution in [2.45, 2.75) is 13.2 Å². The molecule has 0 radical (unpaired) electrons. The maximum absolute atomic E-state index is 11.7. The van der Waals surface area contributed by atoms with E-state index in [2.05, 4.69) is 0 Å². The lowest BCUT2D eigenvalue weighted by molar-refractivity contribution is 0.271. The molecule has 0 aliphatic carbocycles. The fraction of sp³-hybridized carbons (Fsp3) is 0.300. The maximum atomic E-state index is 11.7. The molecule has 4 nitrogen and oxygen atoms in total. The lowest BCUT2D eigenvalue weighted by Crippen LogP contribution is -2.10. The quantitative estimate of drug-likeness (QED) is 0.802. The van der Waals surface area contributed by atoms with Crippen LogP contribution in [0.1, 0.15) is 11.1 Å². The van der Waals surface area contributed by atoms with Gasteiger partial charge in [0.15, 0.2) is 5.75 Å². The number of methoxy groups -OCH3 is 1. The zero-order chi connectivity index (χ0) is 11.4. The second-order valence-corrected chi connectivity index (χ2v) is 3.34. The summed E-state index contributed by atoms with van der Waals surface area (Å²) in [6, 6.07) is 2.78. The van der Waals surface area contributed by atoms with Crippen LogP contribution in [0.2, 0.25) is 5.02 Å². The molecule has 0 unspecified atom stereocenters. The van der Waals surface area contributed by atoms with Crippen molar-refractivity contribution in [1.82, 2.24) is 0 Å². The molecule has 2 N–H and O–H groups in total. The summed E-state index contributed by atoms with van der Waals surface area (Å²) in [4.78, 5) is 11.7. The van der Waals surface area contributed by atoms with Gasteiger partial charge in [-0.15, -0.1) is 0 Å². The van der Waals surface area contributed by atoms with Crippen molar-refractivity contribution in [2.24, 2.45) is 0 Å². The van der Waals surface area contributed by atoms with Crippen LogP contribution < -0.4 is 10.2 Å². The first kappa shape index (κ1) is 12.0. The predicted molar refractivity (Wildman–Crippen MR) is 56.1 cm³/mol. The summed E-state index contributed by atoms with van der Waals surface area (Å²) in [6.07, 6.45) is 0. The molecule has 1 aromatic carbocycles. The second-order valence-electron chi connectivity index (χ2n) is 2.90. The highest BCUT2D eigenvalue weighted by atomic mass is 35.5. The molecule has 5 heteroatoms. The number of hydrogen-bond donors (Lipinski definition) is 2. The Kier molecular flexibility index (Phi) is 4.08. The molecule has 0 aliphatic heterocycles. The third-order valence-corrected chi connectivity index (χ3v) is 2.18. The first-order valence-electron chi connectivity index (χ1n) is 4.25. The largest absolute Gasteiger partial charge is 0.492 e. The Morgan fingerprint density at radius 2 is 1.80 bits per heavy atom. The minimum absolute atomic E-state index is 0.00782. The van der Waals surface area contributed by atoms with Crippen molar-refractivity contribution < 1.29 is 14.9 Å². The molecule has 0 saturated heterocycles. The fourth-order valence-electron chi connectivity index (χ4n) is 1.26. The highest BCUT2D eigenvalue weighted by Gasteiger charge is 2.10. The van der Waals surface area contributed by atoms with Crippen molar-refractivity contribution in [2.75, 3.05) is 7.11 Å². The standard InChI is InChI=1S/C10H11ClO4/c1-15-10-7(5-13)3-8(11)2-6(4-12)9(10)14/h2-3,12-13H,4-5H2,1H3. The number of rotatable bonds is 3. The molecule has 0 fully saturated rings. The predicted octanol–water partition coefficient (Wildman–Crippen LogP) is 0.693. The molecule has 0 aliphatic rings. The Balaban J connectivity index is 3.62. The smallest absolute Gasteiger partial charge is 0.226 e. The van der Waals surface area contributed by atoms with Crippen LogP contribution in [-0.2, 0) is 13.2 Å². The first-order valence-corrected chi connectivity index (χ1v) is 4.63. The molecular formula is C10H11ClO4. The molecule has 0 heterocycles. The van der Waals surface area contributed by atoms with Gasteiger partial charge in [-0.1, -0.05) is 11.6 Å². The van der Waals surface area contributed by atoms with Gasteiger partial charge in [-0.05, 0) is 12.1 Å². The van der Waals surface area contributed by atoms with Crippen LogP contribution in [-0.4, -0.2) is 17.3 Å². The van der Waals surface area contributed by atoms with Crippen LogP contribution in [0.4, 0.5) is 0 Å². The number of ether oxygens (including phenoxy) is 1. The summed E-state index contributed by atoms with van der Waals surface area (Å²) in [6.45, 7) is -0.772. The van der Waals surface area contributed by atoms with Crippen molar-refractivity contribution in [1.29, 1.82) is 0 Å². The third-order valence-electron chi connectivity index (χ3n) is 1.96. The Bertz CT molecular complexity index is 417. The molecule has 0 atom stereocenters. The molecule has 0 amide bonds. The van der Waals surface area contributed by atoms with Gasteiger partial charge in [-0.2, -0.15) is 0 Å². The highest BCUT2D eigenvalue weighted by molar-refractivity contribution is 6.30. The monoisotopic (exact) mass is 230 g/mol. The van der Waals surface area contributed by atoms with Crippen LogP contribution in [0.15, 0.2) is 16.9 Å². The van der Waals surface area contributed by atoms with E-state index < -0.39 is 12.0 Å². The summed E-state index contributed by atoms with van der Waals surface area (Å²) >= 11 is 5.78. The topological polar surface area (TPSA) is 66.8 Å². The maximum Gasteiger partial charge on any atom is 0.226 e. The van der Waals surface area contributed by atoms with Crippen LogP contribution in [0.25, 0.3) is 0 Å². The van der Waals surface area contributed by atoms with Gasteiger partial charge in [0.1, 0.15) is 0 Å². The Morgan fingerprint density at radius 3 is 2.27 bits per heavy atom. The summed E-state index contributed by atoms with van der Waals surface area (Å²) in [7, 11) is 1.32. The van der Waals surface area contributed by atoms with E-state index in [0.29, 0.717) is 5.56 Å². The zero-order valence-electron chi connectivity index (χ0n) is 8.16. The van der Waals surface area contributed by atoms with Crippen LogP contribution in [0.5, 0.6) is 5.75 Å².